The number of benzene rings is 6. The molecular formula is C34H22O. The summed E-state index contributed by atoms with van der Waals surface area (Å²) in [4.78, 5) is 0. The normalized spacial score (nSPS) is 11.7. The fourth-order valence-corrected chi connectivity index (χ4v) is 5.20. The Morgan fingerprint density at radius 3 is 1.74 bits per heavy atom. The van der Waals surface area contributed by atoms with Crippen LogP contribution in [0, 0.1) is 0 Å². The zero-order valence-electron chi connectivity index (χ0n) is 19.1. The SMILES string of the molecule is c1ccc(-c2ccc(-c3ccccc3-c3cc4c5c(cccc5c3)Oc3ccccc3-4)cc2)cc1. The molecule has 0 aliphatic carbocycles. The monoisotopic (exact) mass is 446 g/mol. The number of hydrogen-bond donors (Lipinski definition) is 0. The lowest BCUT2D eigenvalue weighted by Crippen LogP contribution is -1.97. The van der Waals surface area contributed by atoms with E-state index in [2.05, 4.69) is 121 Å². The summed E-state index contributed by atoms with van der Waals surface area (Å²) in [5, 5.41) is 2.37. The highest BCUT2D eigenvalue weighted by atomic mass is 16.5. The van der Waals surface area contributed by atoms with Crippen molar-refractivity contribution in [3.05, 3.63) is 133 Å². The summed E-state index contributed by atoms with van der Waals surface area (Å²) in [6, 6.07) is 47.3. The average Bonchev–Trinajstić information content (AvgIpc) is 2.94. The van der Waals surface area contributed by atoms with E-state index in [0.29, 0.717) is 0 Å². The summed E-state index contributed by atoms with van der Waals surface area (Å²) in [7, 11) is 0. The fourth-order valence-electron chi connectivity index (χ4n) is 5.20. The third-order valence-corrected chi connectivity index (χ3v) is 6.88. The summed E-state index contributed by atoms with van der Waals surface area (Å²) in [5.41, 5.74) is 9.72. The maximum absolute atomic E-state index is 6.24. The van der Waals surface area contributed by atoms with Gasteiger partial charge < -0.3 is 4.74 Å². The zero-order chi connectivity index (χ0) is 23.2. The van der Waals surface area contributed by atoms with Gasteiger partial charge in [-0.25, -0.2) is 0 Å². The summed E-state index contributed by atoms with van der Waals surface area (Å²) >= 11 is 0. The van der Waals surface area contributed by atoms with Crippen LogP contribution < -0.4 is 4.74 Å². The van der Waals surface area contributed by atoms with Gasteiger partial charge in [-0.1, -0.05) is 109 Å². The standard InChI is InChI=1S/C34H22O/c1-2-9-23(10-3-1)24-17-19-25(20-18-24)28-12-4-5-13-29(28)27-21-26-11-8-16-33-34(26)31(22-27)30-14-6-7-15-32(30)35-33/h1-22H. The van der Waals surface area contributed by atoms with Crippen LogP contribution in [0.2, 0.25) is 0 Å². The first kappa shape index (κ1) is 19.8. The number of fused-ring (bicyclic) bond motifs is 2. The minimum Gasteiger partial charge on any atom is -0.456 e. The van der Waals surface area contributed by atoms with Gasteiger partial charge in [-0.3, -0.25) is 0 Å². The van der Waals surface area contributed by atoms with Crippen LogP contribution in [0.1, 0.15) is 0 Å². The van der Waals surface area contributed by atoms with Gasteiger partial charge in [0.1, 0.15) is 11.5 Å². The van der Waals surface area contributed by atoms with E-state index in [0.717, 1.165) is 17.1 Å². The summed E-state index contributed by atoms with van der Waals surface area (Å²) in [6.07, 6.45) is 0. The predicted octanol–water partition coefficient (Wildman–Crippen LogP) is 9.61. The highest BCUT2D eigenvalue weighted by molar-refractivity contribution is 6.07. The van der Waals surface area contributed by atoms with Crippen molar-refractivity contribution in [3.63, 3.8) is 0 Å². The Morgan fingerprint density at radius 2 is 0.943 bits per heavy atom. The number of hydrogen-bond acceptors (Lipinski definition) is 1. The fraction of sp³-hybridized carbons (Fsp3) is 0. The predicted molar refractivity (Wildman–Crippen MR) is 146 cm³/mol. The van der Waals surface area contributed by atoms with E-state index in [1.54, 1.807) is 0 Å². The number of para-hydroxylation sites is 1. The molecule has 35 heavy (non-hydrogen) atoms. The molecule has 6 aromatic carbocycles. The molecule has 0 N–H and O–H groups in total. The van der Waals surface area contributed by atoms with Crippen LogP contribution in [-0.2, 0) is 0 Å². The minimum absolute atomic E-state index is 0.912. The van der Waals surface area contributed by atoms with Crippen molar-refractivity contribution in [3.8, 4) is 56.0 Å². The van der Waals surface area contributed by atoms with Gasteiger partial charge in [-0.05, 0) is 68.6 Å². The molecule has 1 heteroatoms. The van der Waals surface area contributed by atoms with Crippen molar-refractivity contribution in [2.24, 2.45) is 0 Å². The van der Waals surface area contributed by atoms with Crippen molar-refractivity contribution in [2.45, 2.75) is 0 Å². The van der Waals surface area contributed by atoms with Crippen molar-refractivity contribution >= 4 is 10.8 Å². The van der Waals surface area contributed by atoms with E-state index in [1.807, 2.05) is 12.1 Å². The Balaban J connectivity index is 1.39. The Morgan fingerprint density at radius 1 is 0.343 bits per heavy atom. The van der Waals surface area contributed by atoms with Crippen molar-refractivity contribution in [2.75, 3.05) is 0 Å². The summed E-state index contributed by atoms with van der Waals surface area (Å²) in [6.45, 7) is 0. The van der Waals surface area contributed by atoms with E-state index >= 15 is 0 Å². The Bertz CT molecular complexity index is 1700. The minimum atomic E-state index is 0.912. The van der Waals surface area contributed by atoms with Crippen LogP contribution in [0.5, 0.6) is 11.5 Å². The summed E-state index contributed by atoms with van der Waals surface area (Å²) < 4.78 is 6.24. The third-order valence-electron chi connectivity index (χ3n) is 6.88. The Hall–Kier alpha value is -4.62. The Kier molecular flexibility index (Phi) is 4.53. The second kappa shape index (κ2) is 8.00. The number of rotatable bonds is 3. The second-order valence-corrected chi connectivity index (χ2v) is 8.97. The van der Waals surface area contributed by atoms with Gasteiger partial charge in [0.2, 0.25) is 0 Å². The van der Waals surface area contributed by atoms with Gasteiger partial charge >= 0.3 is 0 Å². The smallest absolute Gasteiger partial charge is 0.135 e. The third kappa shape index (κ3) is 3.33. The van der Waals surface area contributed by atoms with Crippen molar-refractivity contribution in [1.82, 2.24) is 0 Å². The molecule has 0 spiro atoms. The molecule has 0 unspecified atom stereocenters. The summed E-state index contributed by atoms with van der Waals surface area (Å²) in [5.74, 6) is 1.84. The molecule has 0 atom stereocenters. The molecule has 0 saturated carbocycles. The molecule has 0 aromatic heterocycles. The van der Waals surface area contributed by atoms with E-state index in [4.69, 9.17) is 4.74 Å². The van der Waals surface area contributed by atoms with E-state index in [-0.39, 0.29) is 0 Å². The van der Waals surface area contributed by atoms with Crippen LogP contribution in [0.25, 0.3) is 55.3 Å². The number of ether oxygens (including phenoxy) is 1. The molecule has 0 saturated heterocycles. The molecule has 7 rings (SSSR count). The first-order chi connectivity index (χ1) is 17.3. The van der Waals surface area contributed by atoms with Crippen LogP contribution in [0.4, 0.5) is 0 Å². The van der Waals surface area contributed by atoms with E-state index in [1.165, 1.54) is 49.7 Å². The highest BCUT2D eigenvalue weighted by Crippen LogP contribution is 2.48. The lowest BCUT2D eigenvalue weighted by atomic mass is 9.88. The topological polar surface area (TPSA) is 9.23 Å². The molecule has 0 bridgehead atoms. The van der Waals surface area contributed by atoms with Crippen LogP contribution in [-0.4, -0.2) is 0 Å². The van der Waals surface area contributed by atoms with E-state index < -0.39 is 0 Å². The maximum Gasteiger partial charge on any atom is 0.135 e. The molecule has 1 nitrogen and oxygen atoms in total. The average molecular weight is 447 g/mol. The van der Waals surface area contributed by atoms with Crippen LogP contribution in [0.3, 0.4) is 0 Å². The van der Waals surface area contributed by atoms with Crippen molar-refractivity contribution < 1.29 is 4.74 Å². The molecule has 6 aromatic rings. The van der Waals surface area contributed by atoms with Gasteiger partial charge in [0.15, 0.2) is 0 Å². The maximum atomic E-state index is 6.24. The van der Waals surface area contributed by atoms with E-state index in [9.17, 15) is 0 Å². The van der Waals surface area contributed by atoms with Gasteiger partial charge in [0.25, 0.3) is 0 Å². The van der Waals surface area contributed by atoms with Crippen LogP contribution >= 0.6 is 0 Å². The van der Waals surface area contributed by atoms with Crippen molar-refractivity contribution in [1.29, 1.82) is 0 Å². The molecular weight excluding hydrogens is 424 g/mol. The van der Waals surface area contributed by atoms with Crippen LogP contribution in [0.15, 0.2) is 133 Å². The van der Waals surface area contributed by atoms with Gasteiger partial charge in [0, 0.05) is 10.9 Å². The van der Waals surface area contributed by atoms with Gasteiger partial charge in [0.05, 0.1) is 0 Å². The quantitative estimate of drug-likeness (QED) is 0.262. The zero-order valence-corrected chi connectivity index (χ0v) is 19.1. The molecule has 164 valence electrons. The Labute approximate surface area is 204 Å². The van der Waals surface area contributed by atoms with Gasteiger partial charge in [-0.2, -0.15) is 0 Å². The first-order valence-electron chi connectivity index (χ1n) is 11.9. The largest absolute Gasteiger partial charge is 0.456 e. The van der Waals surface area contributed by atoms with Gasteiger partial charge in [-0.15, -0.1) is 0 Å². The highest BCUT2D eigenvalue weighted by Gasteiger charge is 2.21. The lowest BCUT2D eigenvalue weighted by Gasteiger charge is -2.22. The molecule has 0 fully saturated rings. The first-order valence-corrected chi connectivity index (χ1v) is 11.9. The lowest BCUT2D eigenvalue weighted by molar-refractivity contribution is 0.487. The molecule has 1 aliphatic rings. The molecule has 1 aliphatic heterocycles. The second-order valence-electron chi connectivity index (χ2n) is 8.97. The molecule has 1 heterocycles. The molecule has 0 radical (unpaired) electrons. The molecule has 0 amide bonds.